The summed E-state index contributed by atoms with van der Waals surface area (Å²) in [7, 11) is 0. The quantitative estimate of drug-likeness (QED) is 0.906. The first-order chi connectivity index (χ1) is 8.20. The Morgan fingerprint density at radius 3 is 2.72 bits per heavy atom. The maximum atomic E-state index is 8.82. The third kappa shape index (κ3) is 3.50. The molecule has 0 amide bonds. The average Bonchev–Trinajstić information content (AvgIpc) is 2.78. The lowest BCUT2D eigenvalue weighted by Gasteiger charge is -2.05. The number of rotatable bonds is 4. The van der Waals surface area contributed by atoms with Crippen molar-refractivity contribution in [3.8, 4) is 11.3 Å². The van der Waals surface area contributed by atoms with Gasteiger partial charge in [0.15, 0.2) is 0 Å². The van der Waals surface area contributed by atoms with Gasteiger partial charge in [-0.2, -0.15) is 0 Å². The molecule has 0 saturated heterocycles. The number of aliphatic hydroxyl groups is 1. The number of hydrogen-bond acceptors (Lipinski definition) is 3. The first kappa shape index (κ1) is 15.1. The van der Waals surface area contributed by atoms with E-state index in [1.807, 2.05) is 36.4 Å². The van der Waals surface area contributed by atoms with Gasteiger partial charge in [0.2, 0.25) is 0 Å². The molecule has 1 atom stereocenters. The number of nitrogens with two attached hydrogens (primary N) is 1. The van der Waals surface area contributed by atoms with E-state index in [9.17, 15) is 0 Å². The van der Waals surface area contributed by atoms with Crippen molar-refractivity contribution in [1.82, 2.24) is 0 Å². The highest BCUT2D eigenvalue weighted by molar-refractivity contribution is 6.30. The van der Waals surface area contributed by atoms with Crippen LogP contribution in [0.4, 0.5) is 0 Å². The molecule has 1 aromatic carbocycles. The highest BCUT2D eigenvalue weighted by atomic mass is 35.5. The van der Waals surface area contributed by atoms with Gasteiger partial charge in [0, 0.05) is 17.2 Å². The number of furan rings is 1. The Bertz CT molecular complexity index is 499. The molecular formula is C13H15Cl2NO2. The zero-order valence-electron chi connectivity index (χ0n) is 9.67. The molecule has 2 aromatic rings. The summed E-state index contributed by atoms with van der Waals surface area (Å²) in [5, 5.41) is 9.49. The van der Waals surface area contributed by atoms with Crippen LogP contribution in [-0.4, -0.2) is 11.7 Å². The number of aliphatic hydroxyl groups excluding tert-OH is 1. The second-order valence-electron chi connectivity index (χ2n) is 3.83. The van der Waals surface area contributed by atoms with Crippen molar-refractivity contribution < 1.29 is 9.52 Å². The van der Waals surface area contributed by atoms with Crippen LogP contribution in [0.25, 0.3) is 11.3 Å². The predicted molar refractivity (Wildman–Crippen MR) is 75.0 cm³/mol. The van der Waals surface area contributed by atoms with Gasteiger partial charge in [-0.3, -0.25) is 0 Å². The highest BCUT2D eigenvalue weighted by Crippen LogP contribution is 2.27. The van der Waals surface area contributed by atoms with Crippen LogP contribution in [0.1, 0.15) is 18.2 Å². The van der Waals surface area contributed by atoms with E-state index < -0.39 is 0 Å². The fourth-order valence-electron chi connectivity index (χ4n) is 1.63. The first-order valence-corrected chi connectivity index (χ1v) is 5.80. The Kier molecular flexibility index (Phi) is 5.69. The van der Waals surface area contributed by atoms with E-state index in [2.05, 4.69) is 0 Å². The van der Waals surface area contributed by atoms with Crippen molar-refractivity contribution in [2.45, 2.75) is 12.5 Å². The van der Waals surface area contributed by atoms with E-state index in [0.29, 0.717) is 17.2 Å². The molecule has 0 aliphatic heterocycles. The number of benzene rings is 1. The molecule has 0 spiro atoms. The van der Waals surface area contributed by atoms with E-state index >= 15 is 0 Å². The normalized spacial score (nSPS) is 11.9. The Labute approximate surface area is 117 Å². The zero-order chi connectivity index (χ0) is 12.3. The summed E-state index contributed by atoms with van der Waals surface area (Å²) in [5.41, 5.74) is 6.76. The van der Waals surface area contributed by atoms with Crippen LogP contribution < -0.4 is 5.73 Å². The monoisotopic (exact) mass is 287 g/mol. The van der Waals surface area contributed by atoms with Crippen molar-refractivity contribution in [3.63, 3.8) is 0 Å². The molecule has 0 aliphatic carbocycles. The van der Waals surface area contributed by atoms with Crippen LogP contribution in [0.15, 0.2) is 40.8 Å². The van der Waals surface area contributed by atoms with E-state index in [4.69, 9.17) is 26.9 Å². The molecule has 3 N–H and O–H groups in total. The van der Waals surface area contributed by atoms with Crippen LogP contribution >= 0.6 is 24.0 Å². The topological polar surface area (TPSA) is 59.4 Å². The molecule has 18 heavy (non-hydrogen) atoms. The summed E-state index contributed by atoms with van der Waals surface area (Å²) in [5.74, 6) is 1.41. The molecule has 3 nitrogen and oxygen atoms in total. The molecule has 0 bridgehead atoms. The van der Waals surface area contributed by atoms with Gasteiger partial charge >= 0.3 is 0 Å². The summed E-state index contributed by atoms with van der Waals surface area (Å²) in [6.45, 7) is 0.0500. The largest absolute Gasteiger partial charge is 0.459 e. The minimum Gasteiger partial charge on any atom is -0.459 e. The molecule has 1 aromatic heterocycles. The Morgan fingerprint density at radius 1 is 1.28 bits per heavy atom. The smallest absolute Gasteiger partial charge is 0.134 e. The van der Waals surface area contributed by atoms with Crippen LogP contribution in [-0.2, 0) is 0 Å². The fraction of sp³-hybridized carbons (Fsp3) is 0.231. The maximum Gasteiger partial charge on any atom is 0.134 e. The van der Waals surface area contributed by atoms with Gasteiger partial charge in [0.25, 0.3) is 0 Å². The Hall–Kier alpha value is -1.00. The van der Waals surface area contributed by atoms with E-state index in [1.54, 1.807) is 0 Å². The summed E-state index contributed by atoms with van der Waals surface area (Å²) in [6.07, 6.45) is 0.489. The van der Waals surface area contributed by atoms with Gasteiger partial charge in [-0.25, -0.2) is 0 Å². The average molecular weight is 288 g/mol. The zero-order valence-corrected chi connectivity index (χ0v) is 11.2. The second kappa shape index (κ2) is 6.81. The van der Waals surface area contributed by atoms with Gasteiger partial charge in [0.1, 0.15) is 11.5 Å². The van der Waals surface area contributed by atoms with Crippen LogP contribution in [0.2, 0.25) is 5.02 Å². The van der Waals surface area contributed by atoms with Crippen molar-refractivity contribution in [1.29, 1.82) is 0 Å². The predicted octanol–water partition coefficient (Wildman–Crippen LogP) is 3.40. The van der Waals surface area contributed by atoms with Crippen LogP contribution in [0.5, 0.6) is 0 Å². The maximum absolute atomic E-state index is 8.82. The lowest BCUT2D eigenvalue weighted by atomic mass is 10.1. The van der Waals surface area contributed by atoms with Gasteiger partial charge in [0.05, 0.1) is 6.04 Å². The molecule has 5 heteroatoms. The summed E-state index contributed by atoms with van der Waals surface area (Å²) in [4.78, 5) is 0. The third-order valence-electron chi connectivity index (χ3n) is 2.54. The summed E-state index contributed by atoms with van der Waals surface area (Å²) >= 11 is 5.91. The molecule has 0 aliphatic rings. The number of halogens is 2. The standard InChI is InChI=1S/C13H14ClNO2.ClH/c14-10-3-1-2-9(8-10)12-4-5-13(17-12)11(15)6-7-16;/h1-5,8,11,16H,6-7,15H2;1H. The lowest BCUT2D eigenvalue weighted by molar-refractivity contribution is 0.269. The fourth-order valence-corrected chi connectivity index (χ4v) is 1.82. The SMILES string of the molecule is Cl.NC(CCO)c1ccc(-c2cccc(Cl)c2)o1. The van der Waals surface area contributed by atoms with Crippen molar-refractivity contribution in [3.05, 3.63) is 47.2 Å². The molecule has 1 heterocycles. The minimum atomic E-state index is -0.270. The molecule has 0 fully saturated rings. The van der Waals surface area contributed by atoms with Gasteiger partial charge in [-0.1, -0.05) is 23.7 Å². The van der Waals surface area contributed by atoms with Gasteiger partial charge < -0.3 is 15.3 Å². The van der Waals surface area contributed by atoms with Crippen LogP contribution in [0.3, 0.4) is 0 Å². The molecule has 0 saturated carbocycles. The van der Waals surface area contributed by atoms with Crippen molar-refractivity contribution in [2.24, 2.45) is 5.73 Å². The Morgan fingerprint density at radius 2 is 2.06 bits per heavy atom. The first-order valence-electron chi connectivity index (χ1n) is 5.43. The number of hydrogen-bond donors (Lipinski definition) is 2. The van der Waals surface area contributed by atoms with E-state index in [-0.39, 0.29) is 25.1 Å². The third-order valence-corrected chi connectivity index (χ3v) is 2.78. The Balaban J connectivity index is 0.00000162. The van der Waals surface area contributed by atoms with E-state index in [0.717, 1.165) is 11.3 Å². The van der Waals surface area contributed by atoms with Crippen molar-refractivity contribution in [2.75, 3.05) is 6.61 Å². The molecule has 0 radical (unpaired) electrons. The molecular weight excluding hydrogens is 273 g/mol. The van der Waals surface area contributed by atoms with Crippen LogP contribution in [0, 0.1) is 0 Å². The second-order valence-corrected chi connectivity index (χ2v) is 4.27. The molecule has 98 valence electrons. The summed E-state index contributed by atoms with van der Waals surface area (Å²) < 4.78 is 5.64. The van der Waals surface area contributed by atoms with E-state index in [1.165, 1.54) is 0 Å². The lowest BCUT2D eigenvalue weighted by Crippen LogP contribution is -2.10. The molecule has 1 unspecified atom stereocenters. The highest BCUT2D eigenvalue weighted by Gasteiger charge is 2.11. The van der Waals surface area contributed by atoms with Gasteiger partial charge in [-0.15, -0.1) is 12.4 Å². The summed E-state index contributed by atoms with van der Waals surface area (Å²) in [6, 6.07) is 10.9. The van der Waals surface area contributed by atoms with Gasteiger partial charge in [-0.05, 0) is 30.7 Å². The van der Waals surface area contributed by atoms with Crippen molar-refractivity contribution >= 4 is 24.0 Å². The minimum absolute atomic E-state index is 0. The molecule has 2 rings (SSSR count).